The molecule has 2 heterocycles. The number of halogens is 4. The molecule has 1 saturated heterocycles. The predicted octanol–water partition coefficient (Wildman–Crippen LogP) is 4.06. The molecule has 36 heavy (non-hydrogen) atoms. The summed E-state index contributed by atoms with van der Waals surface area (Å²) in [5, 5.41) is 2.57. The highest BCUT2D eigenvalue weighted by Gasteiger charge is 2.46. The summed E-state index contributed by atoms with van der Waals surface area (Å²) >= 11 is 0. The van der Waals surface area contributed by atoms with E-state index in [1.165, 1.54) is 54.8 Å². The Bertz CT molecular complexity index is 1270. The summed E-state index contributed by atoms with van der Waals surface area (Å²) in [6.45, 7) is 2.80. The van der Waals surface area contributed by atoms with Crippen LogP contribution in [0.3, 0.4) is 0 Å². The van der Waals surface area contributed by atoms with E-state index >= 15 is 0 Å². The quantitative estimate of drug-likeness (QED) is 0.354. The number of hydrogen-bond donors (Lipinski definition) is 1. The number of nitrogens with one attached hydrogen (secondary N) is 1. The van der Waals surface area contributed by atoms with Gasteiger partial charge in [0, 0.05) is 18.3 Å². The van der Waals surface area contributed by atoms with Crippen molar-refractivity contribution in [3.63, 3.8) is 0 Å². The number of alkyl halides is 4. The van der Waals surface area contributed by atoms with Crippen molar-refractivity contribution in [2.24, 2.45) is 11.8 Å². The van der Waals surface area contributed by atoms with Crippen molar-refractivity contribution in [3.8, 4) is 0 Å². The number of hydrogen-bond acceptors (Lipinski definition) is 4. The zero-order valence-corrected chi connectivity index (χ0v) is 18.8. The van der Waals surface area contributed by atoms with Gasteiger partial charge in [0.05, 0.1) is 29.1 Å². The summed E-state index contributed by atoms with van der Waals surface area (Å²) in [5.74, 6) is -3.31. The Labute approximate surface area is 204 Å². The fraction of sp³-hybridized carbons (Fsp3) is 0.231. The van der Waals surface area contributed by atoms with Crippen molar-refractivity contribution < 1.29 is 31.9 Å². The molecule has 2 aliphatic rings. The predicted molar refractivity (Wildman–Crippen MR) is 122 cm³/mol. The Morgan fingerprint density at radius 2 is 1.83 bits per heavy atom. The molecular weight excluding hydrogens is 478 g/mol. The number of fused-ring (bicyclic) bond motifs is 1. The van der Waals surface area contributed by atoms with Gasteiger partial charge in [-0.05, 0) is 23.3 Å². The van der Waals surface area contributed by atoms with Crippen LogP contribution in [0.15, 0.2) is 79.1 Å². The molecule has 0 bridgehead atoms. The van der Waals surface area contributed by atoms with E-state index < -0.39 is 59.7 Å². The lowest BCUT2D eigenvalue weighted by atomic mass is 9.87. The molecule has 0 radical (unpaired) electrons. The van der Waals surface area contributed by atoms with Gasteiger partial charge in [-0.15, -0.1) is 6.58 Å². The van der Waals surface area contributed by atoms with Gasteiger partial charge in [0.15, 0.2) is 0 Å². The Hall–Kier alpha value is -4.08. The molecule has 1 aromatic carbocycles. The van der Waals surface area contributed by atoms with Gasteiger partial charge in [-0.1, -0.05) is 48.6 Å². The fourth-order valence-electron chi connectivity index (χ4n) is 4.28. The minimum absolute atomic E-state index is 0.0210. The molecule has 4 rings (SSSR count). The summed E-state index contributed by atoms with van der Waals surface area (Å²) < 4.78 is 54.3. The van der Waals surface area contributed by atoms with Crippen LogP contribution in [0.2, 0.25) is 0 Å². The van der Waals surface area contributed by atoms with E-state index in [4.69, 9.17) is 0 Å². The Balaban J connectivity index is 1.69. The molecule has 2 unspecified atom stereocenters. The SMILES string of the molecule is C=CCN1C(=O)C2C=CC(C(=O)N[C@@H](c3ccc(CF)cc3)c3ncccc3C(F)(F)F)=CC2C1=O. The molecule has 3 atom stereocenters. The number of likely N-dealkylation sites (tertiary alicyclic amines) is 1. The van der Waals surface area contributed by atoms with Gasteiger partial charge in [-0.2, -0.15) is 13.2 Å². The molecule has 2 aromatic rings. The van der Waals surface area contributed by atoms with Crippen molar-refractivity contribution in [2.45, 2.75) is 18.9 Å². The highest BCUT2D eigenvalue weighted by atomic mass is 19.4. The van der Waals surface area contributed by atoms with Crippen molar-refractivity contribution in [2.75, 3.05) is 6.54 Å². The van der Waals surface area contributed by atoms with Crippen molar-refractivity contribution in [3.05, 3.63) is 101 Å². The van der Waals surface area contributed by atoms with Crippen LogP contribution in [0.5, 0.6) is 0 Å². The first kappa shape index (κ1) is 25.0. The van der Waals surface area contributed by atoms with Crippen molar-refractivity contribution in [1.82, 2.24) is 15.2 Å². The number of carbonyl (C=O) groups is 3. The number of nitrogens with zero attached hydrogens (tertiary/aromatic N) is 2. The number of carbonyl (C=O) groups excluding carboxylic acids is 3. The molecule has 0 saturated carbocycles. The average Bonchev–Trinajstić information content (AvgIpc) is 3.11. The molecule has 186 valence electrons. The molecule has 1 aromatic heterocycles. The molecule has 1 aliphatic carbocycles. The number of benzene rings is 1. The van der Waals surface area contributed by atoms with Gasteiger partial charge in [-0.25, -0.2) is 4.39 Å². The van der Waals surface area contributed by atoms with Crippen LogP contribution in [0.1, 0.15) is 28.4 Å². The largest absolute Gasteiger partial charge is 0.418 e. The molecule has 3 amide bonds. The summed E-state index contributed by atoms with van der Waals surface area (Å²) in [5.41, 5.74) is -0.873. The van der Waals surface area contributed by atoms with E-state index in [2.05, 4.69) is 16.9 Å². The number of pyridine rings is 1. The molecule has 6 nitrogen and oxygen atoms in total. The van der Waals surface area contributed by atoms with E-state index in [0.29, 0.717) is 5.56 Å². The lowest BCUT2D eigenvalue weighted by Gasteiger charge is -2.23. The lowest BCUT2D eigenvalue weighted by molar-refractivity contribution is -0.139. The van der Waals surface area contributed by atoms with Crippen molar-refractivity contribution in [1.29, 1.82) is 0 Å². The first-order valence-electron chi connectivity index (χ1n) is 11.0. The third kappa shape index (κ3) is 4.71. The maximum Gasteiger partial charge on any atom is 0.418 e. The molecule has 1 N–H and O–H groups in total. The molecular formula is C26H21F4N3O3. The van der Waals surface area contributed by atoms with Crippen LogP contribution in [0.4, 0.5) is 17.6 Å². The monoisotopic (exact) mass is 499 g/mol. The van der Waals surface area contributed by atoms with Gasteiger partial charge < -0.3 is 5.32 Å². The van der Waals surface area contributed by atoms with Crippen LogP contribution >= 0.6 is 0 Å². The molecule has 0 spiro atoms. The van der Waals surface area contributed by atoms with Crippen LogP contribution in [0.25, 0.3) is 0 Å². The second-order valence-electron chi connectivity index (χ2n) is 8.32. The van der Waals surface area contributed by atoms with E-state index in [9.17, 15) is 31.9 Å². The fourth-order valence-corrected chi connectivity index (χ4v) is 4.28. The van der Waals surface area contributed by atoms with E-state index in [-0.39, 0.29) is 17.7 Å². The topological polar surface area (TPSA) is 79.4 Å². The van der Waals surface area contributed by atoms with Gasteiger partial charge in [0.2, 0.25) is 11.8 Å². The van der Waals surface area contributed by atoms with Crippen molar-refractivity contribution >= 4 is 17.7 Å². The highest BCUT2D eigenvalue weighted by molar-refractivity contribution is 6.09. The third-order valence-corrected chi connectivity index (χ3v) is 6.07. The zero-order chi connectivity index (χ0) is 26.0. The minimum Gasteiger partial charge on any atom is -0.340 e. The van der Waals surface area contributed by atoms with Crippen LogP contribution in [0, 0.1) is 11.8 Å². The lowest BCUT2D eigenvalue weighted by Crippen LogP contribution is -2.33. The van der Waals surface area contributed by atoms with E-state index in [0.717, 1.165) is 17.0 Å². The standard InChI is InChI=1S/C26H21F4N3O3/c1-2-12-33-24(35)18-10-9-17(13-19(18)25(33)36)23(34)32-21(16-7-5-15(14-27)6-8-16)22-20(26(28,29)30)4-3-11-31-22/h2-11,13,18-19,21H,1,12,14H2,(H,32,34)/t18?,19?,21-/m0/s1. The second kappa shape index (κ2) is 9.88. The number of amides is 3. The minimum atomic E-state index is -4.74. The van der Waals surface area contributed by atoms with E-state index in [1.54, 1.807) is 0 Å². The molecule has 1 fully saturated rings. The molecule has 10 heteroatoms. The van der Waals surface area contributed by atoms with Crippen LogP contribution in [-0.4, -0.2) is 34.2 Å². The Kier molecular flexibility index (Phi) is 6.87. The number of imide groups is 1. The Morgan fingerprint density at radius 3 is 2.47 bits per heavy atom. The summed E-state index contributed by atoms with van der Waals surface area (Å²) in [6, 6.07) is 6.33. The first-order chi connectivity index (χ1) is 17.2. The summed E-state index contributed by atoms with van der Waals surface area (Å²) in [4.78, 5) is 43.3. The van der Waals surface area contributed by atoms with Crippen LogP contribution < -0.4 is 5.32 Å². The highest BCUT2D eigenvalue weighted by Crippen LogP contribution is 2.36. The summed E-state index contributed by atoms with van der Waals surface area (Å²) in [6.07, 6.45) is 2.00. The van der Waals surface area contributed by atoms with Gasteiger partial charge >= 0.3 is 6.18 Å². The van der Waals surface area contributed by atoms with Gasteiger partial charge in [0.25, 0.3) is 5.91 Å². The smallest absolute Gasteiger partial charge is 0.340 e. The van der Waals surface area contributed by atoms with Gasteiger partial charge in [0.1, 0.15) is 6.67 Å². The maximum atomic E-state index is 13.8. The number of aromatic nitrogens is 1. The summed E-state index contributed by atoms with van der Waals surface area (Å²) in [7, 11) is 0. The third-order valence-electron chi connectivity index (χ3n) is 6.07. The zero-order valence-electron chi connectivity index (χ0n) is 18.8. The van der Waals surface area contributed by atoms with E-state index in [1.807, 2.05) is 0 Å². The Morgan fingerprint density at radius 1 is 1.14 bits per heavy atom. The number of rotatable bonds is 7. The maximum absolute atomic E-state index is 13.8. The first-order valence-corrected chi connectivity index (χ1v) is 11.0. The van der Waals surface area contributed by atoms with Gasteiger partial charge in [-0.3, -0.25) is 24.3 Å². The van der Waals surface area contributed by atoms with Crippen LogP contribution in [-0.2, 0) is 27.2 Å². The average molecular weight is 499 g/mol. The normalized spacial score (nSPS) is 20.1. The second-order valence-corrected chi connectivity index (χ2v) is 8.32. The molecule has 1 aliphatic heterocycles.